The van der Waals surface area contributed by atoms with Crippen LogP contribution in [0.15, 0.2) is 27.6 Å². The second kappa shape index (κ2) is 5.53. The average Bonchev–Trinajstić information content (AvgIpc) is 2.19. The van der Waals surface area contributed by atoms with Crippen LogP contribution in [0.2, 0.25) is 0 Å². The van der Waals surface area contributed by atoms with Crippen molar-refractivity contribution in [1.82, 2.24) is 4.72 Å². The zero-order valence-electron chi connectivity index (χ0n) is 9.13. The van der Waals surface area contributed by atoms with Crippen LogP contribution in [-0.4, -0.2) is 29.1 Å². The average molecular weight is 358 g/mol. The molecular weight excluding hydrogens is 346 g/mol. The summed E-state index contributed by atoms with van der Waals surface area (Å²) < 4.78 is 47.5. The Labute approximate surface area is 114 Å². The SMILES string of the molecule is Nc1ccc(S(=O)(=O)NCCS(N)(=O)=O)cc1Br. The minimum absolute atomic E-state index is 0.0157. The van der Waals surface area contributed by atoms with Crippen LogP contribution in [0.3, 0.4) is 0 Å². The quantitative estimate of drug-likeness (QED) is 0.616. The molecule has 0 atom stereocenters. The van der Waals surface area contributed by atoms with Crippen molar-refractivity contribution >= 4 is 41.7 Å². The lowest BCUT2D eigenvalue weighted by atomic mass is 10.3. The Hall–Kier alpha value is -0.680. The summed E-state index contributed by atoms with van der Waals surface area (Å²) in [4.78, 5) is -0.0157. The summed E-state index contributed by atoms with van der Waals surface area (Å²) in [6.07, 6.45) is 0. The van der Waals surface area contributed by atoms with Crippen LogP contribution in [0.4, 0.5) is 5.69 Å². The standard InChI is InChI=1S/C8H12BrN3O4S2/c9-7-5-6(1-2-8(7)10)18(15,16)12-3-4-17(11,13)14/h1-2,5,12H,3-4,10H2,(H2,11,13,14). The molecule has 0 amide bonds. The third-order valence-electron chi connectivity index (χ3n) is 1.96. The van der Waals surface area contributed by atoms with Crippen molar-refractivity contribution in [2.45, 2.75) is 4.90 Å². The molecule has 0 saturated heterocycles. The number of nitrogens with two attached hydrogens (primary N) is 2. The molecule has 0 saturated carbocycles. The van der Waals surface area contributed by atoms with Crippen LogP contribution in [0.1, 0.15) is 0 Å². The number of nitrogens with one attached hydrogen (secondary N) is 1. The molecule has 0 unspecified atom stereocenters. The summed E-state index contributed by atoms with van der Waals surface area (Å²) in [6, 6.07) is 4.08. The van der Waals surface area contributed by atoms with Crippen molar-refractivity contribution in [3.05, 3.63) is 22.7 Å². The van der Waals surface area contributed by atoms with E-state index in [1.54, 1.807) is 0 Å². The highest BCUT2D eigenvalue weighted by atomic mass is 79.9. The number of nitrogen functional groups attached to an aromatic ring is 1. The Bertz CT molecular complexity index is 642. The van der Waals surface area contributed by atoms with Gasteiger partial charge in [0.05, 0.1) is 10.6 Å². The van der Waals surface area contributed by atoms with E-state index in [0.29, 0.717) is 10.2 Å². The van der Waals surface area contributed by atoms with Crippen LogP contribution in [-0.2, 0) is 20.0 Å². The first-order chi connectivity index (χ1) is 8.12. The first kappa shape index (κ1) is 15.4. The highest BCUT2D eigenvalue weighted by Crippen LogP contribution is 2.22. The lowest BCUT2D eigenvalue weighted by Gasteiger charge is -2.07. The molecule has 0 aliphatic rings. The fraction of sp³-hybridized carbons (Fsp3) is 0.250. The highest BCUT2D eigenvalue weighted by Gasteiger charge is 2.15. The molecule has 7 nitrogen and oxygen atoms in total. The van der Waals surface area contributed by atoms with Gasteiger partial charge in [-0.2, -0.15) is 0 Å². The van der Waals surface area contributed by atoms with Gasteiger partial charge >= 0.3 is 0 Å². The molecular formula is C8H12BrN3O4S2. The fourth-order valence-electron chi connectivity index (χ4n) is 1.08. The molecule has 0 radical (unpaired) electrons. The van der Waals surface area contributed by atoms with Crippen molar-refractivity contribution < 1.29 is 16.8 Å². The van der Waals surface area contributed by atoms with E-state index in [0.717, 1.165) is 0 Å². The molecule has 1 rings (SSSR count). The van der Waals surface area contributed by atoms with Gasteiger partial charge in [-0.25, -0.2) is 26.7 Å². The molecule has 102 valence electrons. The Morgan fingerprint density at radius 2 is 1.83 bits per heavy atom. The number of hydrogen-bond donors (Lipinski definition) is 3. The monoisotopic (exact) mass is 357 g/mol. The van der Waals surface area contributed by atoms with E-state index in [1.807, 2.05) is 0 Å². The summed E-state index contributed by atoms with van der Waals surface area (Å²) in [7, 11) is -7.48. The summed E-state index contributed by atoms with van der Waals surface area (Å²) in [5, 5.41) is 4.76. The number of rotatable bonds is 5. The van der Waals surface area contributed by atoms with Crippen molar-refractivity contribution in [2.24, 2.45) is 5.14 Å². The van der Waals surface area contributed by atoms with Gasteiger partial charge in [0.2, 0.25) is 20.0 Å². The van der Waals surface area contributed by atoms with Crippen LogP contribution in [0.25, 0.3) is 0 Å². The van der Waals surface area contributed by atoms with E-state index in [1.165, 1.54) is 18.2 Å². The Balaban J connectivity index is 2.84. The maximum Gasteiger partial charge on any atom is 0.240 e. The van der Waals surface area contributed by atoms with Crippen LogP contribution in [0.5, 0.6) is 0 Å². The minimum atomic E-state index is -3.78. The topological polar surface area (TPSA) is 132 Å². The van der Waals surface area contributed by atoms with Gasteiger partial charge in [-0.05, 0) is 34.1 Å². The normalized spacial score (nSPS) is 12.6. The molecule has 0 fully saturated rings. The van der Waals surface area contributed by atoms with E-state index in [4.69, 9.17) is 10.9 Å². The number of anilines is 1. The number of halogens is 1. The van der Waals surface area contributed by atoms with Crippen molar-refractivity contribution in [1.29, 1.82) is 0 Å². The largest absolute Gasteiger partial charge is 0.398 e. The summed E-state index contributed by atoms with van der Waals surface area (Å²) in [5.41, 5.74) is 5.93. The predicted molar refractivity (Wildman–Crippen MR) is 71.7 cm³/mol. The molecule has 5 N–H and O–H groups in total. The van der Waals surface area contributed by atoms with Gasteiger partial charge in [-0.1, -0.05) is 0 Å². The van der Waals surface area contributed by atoms with Gasteiger partial charge in [0.1, 0.15) is 0 Å². The van der Waals surface area contributed by atoms with Crippen molar-refractivity contribution in [3.63, 3.8) is 0 Å². The highest BCUT2D eigenvalue weighted by molar-refractivity contribution is 9.10. The maximum absolute atomic E-state index is 11.8. The Morgan fingerprint density at radius 1 is 1.22 bits per heavy atom. The smallest absolute Gasteiger partial charge is 0.240 e. The van der Waals surface area contributed by atoms with Gasteiger partial charge in [-0.3, -0.25) is 0 Å². The van der Waals surface area contributed by atoms with Gasteiger partial charge in [-0.15, -0.1) is 0 Å². The maximum atomic E-state index is 11.8. The van der Waals surface area contributed by atoms with E-state index in [9.17, 15) is 16.8 Å². The predicted octanol–water partition coefficient (Wildman–Crippen LogP) is -0.402. The molecule has 1 aromatic rings. The number of primary sulfonamides is 1. The summed E-state index contributed by atoms with van der Waals surface area (Å²) in [6.45, 7) is -0.289. The molecule has 0 spiro atoms. The van der Waals surface area contributed by atoms with E-state index >= 15 is 0 Å². The van der Waals surface area contributed by atoms with E-state index in [2.05, 4.69) is 20.7 Å². The Kier molecular flexibility index (Phi) is 4.72. The third-order valence-corrected chi connectivity index (χ3v) is 4.88. The first-order valence-electron chi connectivity index (χ1n) is 4.67. The molecule has 1 aromatic carbocycles. The summed E-state index contributed by atoms with van der Waals surface area (Å²) in [5.74, 6) is -0.470. The number of benzene rings is 1. The van der Waals surface area contributed by atoms with E-state index in [-0.39, 0.29) is 11.4 Å². The number of sulfonamides is 2. The second-order valence-electron chi connectivity index (χ2n) is 3.45. The second-order valence-corrected chi connectivity index (χ2v) is 7.80. The zero-order valence-corrected chi connectivity index (χ0v) is 12.3. The lowest BCUT2D eigenvalue weighted by Crippen LogP contribution is -2.31. The lowest BCUT2D eigenvalue weighted by molar-refractivity contribution is 0.581. The third kappa shape index (κ3) is 4.53. The van der Waals surface area contributed by atoms with Gasteiger partial charge in [0.25, 0.3) is 0 Å². The van der Waals surface area contributed by atoms with Gasteiger partial charge < -0.3 is 5.73 Å². The molecule has 0 aliphatic carbocycles. The summed E-state index contributed by atoms with van der Waals surface area (Å²) >= 11 is 3.11. The molecule has 0 aromatic heterocycles. The van der Waals surface area contributed by atoms with Crippen LogP contribution < -0.4 is 15.6 Å². The van der Waals surface area contributed by atoms with Crippen LogP contribution in [0, 0.1) is 0 Å². The zero-order chi connectivity index (χ0) is 14.0. The Morgan fingerprint density at radius 3 is 2.33 bits per heavy atom. The molecule has 10 heteroatoms. The fourth-order valence-corrected chi connectivity index (χ4v) is 3.18. The first-order valence-corrected chi connectivity index (χ1v) is 8.66. The van der Waals surface area contributed by atoms with Crippen molar-refractivity contribution in [2.75, 3.05) is 18.0 Å². The van der Waals surface area contributed by atoms with Crippen molar-refractivity contribution in [3.8, 4) is 0 Å². The molecule has 18 heavy (non-hydrogen) atoms. The van der Waals surface area contributed by atoms with E-state index < -0.39 is 25.8 Å². The van der Waals surface area contributed by atoms with Crippen LogP contribution >= 0.6 is 15.9 Å². The van der Waals surface area contributed by atoms with Gasteiger partial charge in [0.15, 0.2) is 0 Å². The minimum Gasteiger partial charge on any atom is -0.398 e. The molecule has 0 aliphatic heterocycles. The molecule has 0 bridgehead atoms. The number of hydrogen-bond acceptors (Lipinski definition) is 5. The van der Waals surface area contributed by atoms with Gasteiger partial charge in [0, 0.05) is 16.7 Å². The molecule has 0 heterocycles.